The number of benzene rings is 1. The Bertz CT molecular complexity index is 455. The van der Waals surface area contributed by atoms with Gasteiger partial charge in [0.05, 0.1) is 13.2 Å². The van der Waals surface area contributed by atoms with Gasteiger partial charge >= 0.3 is 11.9 Å². The summed E-state index contributed by atoms with van der Waals surface area (Å²) in [4.78, 5) is 23.2. The number of esters is 2. The van der Waals surface area contributed by atoms with Gasteiger partial charge in [0.1, 0.15) is 10.7 Å². The van der Waals surface area contributed by atoms with Crippen LogP contribution < -0.4 is 0 Å². The van der Waals surface area contributed by atoms with Crippen LogP contribution in [-0.2, 0) is 19.1 Å². The molecule has 0 saturated heterocycles. The Hall–Kier alpha value is -1.36. The molecule has 0 aliphatic rings. The van der Waals surface area contributed by atoms with Crippen molar-refractivity contribution >= 4 is 27.9 Å². The summed E-state index contributed by atoms with van der Waals surface area (Å²) in [6.45, 7) is 5.95. The van der Waals surface area contributed by atoms with E-state index in [4.69, 9.17) is 9.47 Å². The molecule has 0 spiro atoms. The van der Waals surface area contributed by atoms with E-state index in [0.29, 0.717) is 0 Å². The van der Waals surface area contributed by atoms with E-state index in [1.807, 2.05) is 31.2 Å². The van der Waals surface area contributed by atoms with Crippen molar-refractivity contribution in [3.05, 3.63) is 35.4 Å². The molecule has 1 rings (SSSR count). The molecule has 0 bridgehead atoms. The maximum Gasteiger partial charge on any atom is 0.320 e. The number of carbonyl (C=O) groups is 2. The fraction of sp³-hybridized carbons (Fsp3) is 0.467. The lowest BCUT2D eigenvalue weighted by molar-refractivity contribution is -0.150. The average molecular weight is 343 g/mol. The number of hydrogen-bond donors (Lipinski definition) is 0. The van der Waals surface area contributed by atoms with Crippen LogP contribution in [0.3, 0.4) is 0 Å². The van der Waals surface area contributed by atoms with Crippen LogP contribution in [0.4, 0.5) is 0 Å². The molecule has 4 nitrogen and oxygen atoms in total. The van der Waals surface area contributed by atoms with Crippen LogP contribution >= 0.6 is 15.9 Å². The van der Waals surface area contributed by atoms with Gasteiger partial charge in [-0.05, 0) is 26.3 Å². The number of halogens is 1. The van der Waals surface area contributed by atoms with E-state index >= 15 is 0 Å². The Morgan fingerprint density at radius 1 is 1.05 bits per heavy atom. The molecule has 0 fully saturated rings. The number of carbonyl (C=O) groups excluding carboxylic acids is 2. The largest absolute Gasteiger partial charge is 0.465 e. The molecule has 20 heavy (non-hydrogen) atoms. The highest BCUT2D eigenvalue weighted by Crippen LogP contribution is 2.28. The molecule has 0 aliphatic heterocycles. The molecule has 1 aromatic carbocycles. The van der Waals surface area contributed by atoms with Gasteiger partial charge in [0.2, 0.25) is 0 Å². The van der Waals surface area contributed by atoms with Crippen LogP contribution in [0.15, 0.2) is 24.3 Å². The van der Waals surface area contributed by atoms with E-state index in [2.05, 4.69) is 15.9 Å². The lowest BCUT2D eigenvalue weighted by Crippen LogP contribution is -2.31. The minimum atomic E-state index is -0.760. The van der Waals surface area contributed by atoms with Crippen LogP contribution in [0.5, 0.6) is 0 Å². The predicted octanol–water partition coefficient (Wildman–Crippen LogP) is 2.97. The van der Waals surface area contributed by atoms with E-state index in [1.165, 1.54) is 0 Å². The summed E-state index contributed by atoms with van der Waals surface area (Å²) >= 11 is 3.26. The first kappa shape index (κ1) is 16.7. The molecule has 2 atom stereocenters. The van der Waals surface area contributed by atoms with Crippen LogP contribution in [0, 0.1) is 6.92 Å². The highest BCUT2D eigenvalue weighted by molar-refractivity contribution is 9.10. The van der Waals surface area contributed by atoms with Gasteiger partial charge in [-0.15, -0.1) is 0 Å². The minimum absolute atomic E-state index is 0.268. The van der Waals surface area contributed by atoms with E-state index in [9.17, 15) is 9.59 Å². The Labute approximate surface area is 127 Å². The van der Waals surface area contributed by atoms with Crippen LogP contribution in [0.1, 0.15) is 30.9 Å². The fourth-order valence-corrected chi connectivity index (χ4v) is 2.44. The van der Waals surface area contributed by atoms with Crippen LogP contribution in [0.2, 0.25) is 0 Å². The molecular formula is C15H19BrO4. The zero-order valence-corrected chi connectivity index (χ0v) is 13.5. The van der Waals surface area contributed by atoms with Gasteiger partial charge < -0.3 is 9.47 Å². The molecule has 0 aliphatic carbocycles. The summed E-state index contributed by atoms with van der Waals surface area (Å²) in [5.74, 6) is -1.62. The van der Waals surface area contributed by atoms with E-state index < -0.39 is 22.7 Å². The summed E-state index contributed by atoms with van der Waals surface area (Å²) in [5, 5.41) is 0. The second kappa shape index (κ2) is 8.04. The van der Waals surface area contributed by atoms with Crippen molar-refractivity contribution in [2.24, 2.45) is 0 Å². The third kappa shape index (κ3) is 4.34. The van der Waals surface area contributed by atoms with Gasteiger partial charge in [0.25, 0.3) is 0 Å². The highest BCUT2D eigenvalue weighted by Gasteiger charge is 2.35. The van der Waals surface area contributed by atoms with Crippen molar-refractivity contribution in [1.82, 2.24) is 0 Å². The average Bonchev–Trinajstić information content (AvgIpc) is 2.41. The zero-order valence-electron chi connectivity index (χ0n) is 11.9. The first-order chi connectivity index (χ1) is 9.51. The van der Waals surface area contributed by atoms with Gasteiger partial charge in [-0.1, -0.05) is 45.8 Å². The zero-order chi connectivity index (χ0) is 15.1. The van der Waals surface area contributed by atoms with E-state index in [0.717, 1.165) is 11.1 Å². The first-order valence-corrected chi connectivity index (χ1v) is 7.46. The quantitative estimate of drug-likeness (QED) is 0.589. The maximum absolute atomic E-state index is 12.1. The molecular weight excluding hydrogens is 324 g/mol. The van der Waals surface area contributed by atoms with Crippen molar-refractivity contribution in [1.29, 1.82) is 0 Å². The second-order valence-corrected chi connectivity index (χ2v) is 5.28. The van der Waals surface area contributed by atoms with Gasteiger partial charge in [-0.3, -0.25) is 9.59 Å². The lowest BCUT2D eigenvalue weighted by Gasteiger charge is -2.20. The van der Waals surface area contributed by atoms with Crippen molar-refractivity contribution in [2.75, 3.05) is 13.2 Å². The monoisotopic (exact) mass is 342 g/mol. The van der Waals surface area contributed by atoms with Crippen molar-refractivity contribution in [3.63, 3.8) is 0 Å². The summed E-state index contributed by atoms with van der Waals surface area (Å²) in [7, 11) is 0. The molecule has 0 N–H and O–H groups in total. The van der Waals surface area contributed by atoms with Crippen molar-refractivity contribution in [2.45, 2.75) is 31.5 Å². The Balaban J connectivity index is 3.04. The van der Waals surface area contributed by atoms with Gasteiger partial charge in [0.15, 0.2) is 0 Å². The number of hydrogen-bond acceptors (Lipinski definition) is 4. The summed E-state index contributed by atoms with van der Waals surface area (Å²) < 4.78 is 10.0. The molecule has 0 saturated carbocycles. The van der Waals surface area contributed by atoms with Crippen LogP contribution in [-0.4, -0.2) is 30.0 Å². The summed E-state index contributed by atoms with van der Waals surface area (Å²) in [6, 6.07) is 7.44. The SMILES string of the molecule is CCOC(=O)[C@H](c1ccc(C)cc1)[C@@H](Br)C(=O)OCC. The molecule has 0 unspecified atom stereocenters. The number of alkyl halides is 1. The second-order valence-electron chi connectivity index (χ2n) is 4.29. The molecule has 5 heteroatoms. The topological polar surface area (TPSA) is 52.6 Å². The summed E-state index contributed by atoms with van der Waals surface area (Å²) in [5.41, 5.74) is 1.81. The van der Waals surface area contributed by atoms with Gasteiger partial charge in [-0.25, -0.2) is 0 Å². The van der Waals surface area contributed by atoms with Crippen molar-refractivity contribution < 1.29 is 19.1 Å². The Morgan fingerprint density at radius 2 is 1.55 bits per heavy atom. The lowest BCUT2D eigenvalue weighted by atomic mass is 9.95. The standard InChI is InChI=1S/C15H19BrO4/c1-4-19-14(17)12(13(16)15(18)20-5-2)11-8-6-10(3)7-9-11/h6-9,12-13H,4-5H2,1-3H3/t12-,13-/m1/s1. The maximum atomic E-state index is 12.1. The number of rotatable bonds is 6. The van der Waals surface area contributed by atoms with Gasteiger partial charge in [-0.2, -0.15) is 0 Å². The third-order valence-corrected chi connectivity index (χ3v) is 3.68. The summed E-state index contributed by atoms with van der Waals surface area (Å²) in [6.07, 6.45) is 0. The minimum Gasteiger partial charge on any atom is -0.465 e. The molecule has 0 amide bonds. The van der Waals surface area contributed by atoms with Crippen molar-refractivity contribution in [3.8, 4) is 0 Å². The highest BCUT2D eigenvalue weighted by atomic mass is 79.9. The molecule has 110 valence electrons. The van der Waals surface area contributed by atoms with Gasteiger partial charge in [0, 0.05) is 0 Å². The first-order valence-electron chi connectivity index (χ1n) is 6.55. The molecule has 0 aromatic heterocycles. The van der Waals surface area contributed by atoms with E-state index in [1.54, 1.807) is 13.8 Å². The molecule has 0 radical (unpaired) electrons. The normalized spacial score (nSPS) is 13.4. The Kier molecular flexibility index (Phi) is 6.71. The van der Waals surface area contributed by atoms with Crippen LogP contribution in [0.25, 0.3) is 0 Å². The van der Waals surface area contributed by atoms with E-state index in [-0.39, 0.29) is 13.2 Å². The number of aryl methyl sites for hydroxylation is 1. The fourth-order valence-electron chi connectivity index (χ4n) is 1.79. The molecule has 1 aromatic rings. The molecule has 0 heterocycles. The Morgan fingerprint density at radius 3 is 2.05 bits per heavy atom. The third-order valence-electron chi connectivity index (χ3n) is 2.78. The smallest absolute Gasteiger partial charge is 0.320 e. The number of ether oxygens (including phenoxy) is 2. The predicted molar refractivity (Wildman–Crippen MR) is 79.9 cm³/mol.